The molecule has 1 saturated carbocycles. The molecular formula is C25H30N2O4. The first-order chi connectivity index (χ1) is 15.1. The zero-order chi connectivity index (χ0) is 21.8. The maximum atomic E-state index is 13.7. The van der Waals surface area contributed by atoms with Crippen LogP contribution in [0.5, 0.6) is 11.5 Å². The normalized spacial score (nSPS) is 20.1. The molecule has 4 rings (SSSR count). The minimum absolute atomic E-state index is 0.00608. The molecule has 2 fully saturated rings. The number of benzene rings is 2. The number of carbonyl (C=O) groups excluding carboxylic acids is 2. The van der Waals surface area contributed by atoms with E-state index in [1.807, 2.05) is 53.4 Å². The number of rotatable bonds is 6. The van der Waals surface area contributed by atoms with Crippen LogP contribution in [0.15, 0.2) is 48.5 Å². The number of hydrogen-bond donors (Lipinski definition) is 0. The van der Waals surface area contributed by atoms with Crippen LogP contribution in [0.1, 0.15) is 49.3 Å². The van der Waals surface area contributed by atoms with E-state index in [2.05, 4.69) is 0 Å². The van der Waals surface area contributed by atoms with Gasteiger partial charge in [0.2, 0.25) is 5.91 Å². The van der Waals surface area contributed by atoms with E-state index in [1.54, 1.807) is 19.1 Å². The molecule has 2 aliphatic rings. The van der Waals surface area contributed by atoms with Crippen molar-refractivity contribution in [3.05, 3.63) is 59.7 Å². The monoisotopic (exact) mass is 422 g/mol. The molecule has 1 atom stereocenters. The fourth-order valence-electron chi connectivity index (χ4n) is 4.76. The highest BCUT2D eigenvalue weighted by Crippen LogP contribution is 2.35. The number of hydrogen-bond acceptors (Lipinski definition) is 4. The Morgan fingerprint density at radius 2 is 1.61 bits per heavy atom. The lowest BCUT2D eigenvalue weighted by molar-refractivity contribution is -0.160. The number of amides is 2. The maximum Gasteiger partial charge on any atom is 0.250 e. The van der Waals surface area contributed by atoms with Gasteiger partial charge in [-0.05, 0) is 36.6 Å². The van der Waals surface area contributed by atoms with Crippen LogP contribution in [0.3, 0.4) is 0 Å². The van der Waals surface area contributed by atoms with Crippen LogP contribution in [-0.4, -0.2) is 48.4 Å². The lowest BCUT2D eigenvalue weighted by Crippen LogP contribution is -2.58. The van der Waals surface area contributed by atoms with Gasteiger partial charge in [0.15, 0.2) is 0 Å². The largest absolute Gasteiger partial charge is 0.497 e. The lowest BCUT2D eigenvalue weighted by atomic mass is 9.91. The summed E-state index contributed by atoms with van der Waals surface area (Å²) in [5, 5.41) is 0. The molecule has 6 nitrogen and oxygen atoms in total. The molecule has 1 saturated heterocycles. The molecule has 0 N–H and O–H groups in total. The van der Waals surface area contributed by atoms with Crippen LogP contribution in [0.4, 0.5) is 0 Å². The highest BCUT2D eigenvalue weighted by atomic mass is 16.5. The first-order valence-electron chi connectivity index (χ1n) is 11.0. The van der Waals surface area contributed by atoms with Gasteiger partial charge in [0.05, 0.1) is 20.8 Å². The van der Waals surface area contributed by atoms with Crippen molar-refractivity contribution in [2.75, 3.05) is 20.8 Å². The van der Waals surface area contributed by atoms with E-state index >= 15 is 0 Å². The Bertz CT molecular complexity index is 921. The van der Waals surface area contributed by atoms with E-state index in [9.17, 15) is 9.59 Å². The second kappa shape index (κ2) is 9.41. The minimum atomic E-state index is -0.654. The summed E-state index contributed by atoms with van der Waals surface area (Å²) in [6, 6.07) is 14.6. The Balaban J connectivity index is 1.69. The van der Waals surface area contributed by atoms with Crippen molar-refractivity contribution in [1.29, 1.82) is 0 Å². The quantitative estimate of drug-likeness (QED) is 0.707. The van der Waals surface area contributed by atoms with Gasteiger partial charge in [-0.3, -0.25) is 9.59 Å². The third-order valence-corrected chi connectivity index (χ3v) is 6.43. The fourth-order valence-corrected chi connectivity index (χ4v) is 4.76. The predicted octanol–water partition coefficient (Wildman–Crippen LogP) is 3.95. The average molecular weight is 423 g/mol. The van der Waals surface area contributed by atoms with Crippen LogP contribution in [-0.2, 0) is 16.1 Å². The molecule has 2 aromatic rings. The minimum Gasteiger partial charge on any atom is -0.497 e. The van der Waals surface area contributed by atoms with Gasteiger partial charge in [0.25, 0.3) is 5.91 Å². The summed E-state index contributed by atoms with van der Waals surface area (Å²) in [6.07, 6.45) is 5.37. The molecule has 0 aromatic heterocycles. The van der Waals surface area contributed by atoms with Crippen LogP contribution >= 0.6 is 0 Å². The fraction of sp³-hybridized carbons (Fsp3) is 0.440. The first-order valence-corrected chi connectivity index (χ1v) is 11.0. The van der Waals surface area contributed by atoms with Crippen LogP contribution in [0.25, 0.3) is 0 Å². The van der Waals surface area contributed by atoms with Crippen molar-refractivity contribution in [3.8, 4) is 11.5 Å². The number of para-hydroxylation sites is 1. The van der Waals surface area contributed by atoms with Gasteiger partial charge >= 0.3 is 0 Å². The van der Waals surface area contributed by atoms with E-state index in [4.69, 9.17) is 9.47 Å². The van der Waals surface area contributed by atoms with Gasteiger partial charge in [-0.2, -0.15) is 0 Å². The van der Waals surface area contributed by atoms with E-state index < -0.39 is 6.04 Å². The number of nitrogens with zero attached hydrogens (tertiary/aromatic N) is 2. The Kier molecular flexibility index (Phi) is 6.44. The molecule has 1 unspecified atom stereocenters. The lowest BCUT2D eigenvalue weighted by Gasteiger charge is -2.44. The molecule has 2 aromatic carbocycles. The van der Waals surface area contributed by atoms with E-state index in [0.717, 1.165) is 42.6 Å². The number of carbonyl (C=O) groups is 2. The Hall–Kier alpha value is -3.02. The maximum absolute atomic E-state index is 13.7. The third kappa shape index (κ3) is 4.38. The SMILES string of the molecule is COc1ccc(C2C(=O)N(C3CCCCC3)CC(=O)N2Cc2ccccc2OC)cc1. The van der Waals surface area contributed by atoms with Crippen LogP contribution < -0.4 is 9.47 Å². The van der Waals surface area contributed by atoms with Crippen molar-refractivity contribution >= 4 is 11.8 Å². The van der Waals surface area contributed by atoms with E-state index in [1.165, 1.54) is 6.42 Å². The third-order valence-electron chi connectivity index (χ3n) is 6.43. The van der Waals surface area contributed by atoms with Gasteiger partial charge in [0.1, 0.15) is 24.1 Å². The van der Waals surface area contributed by atoms with Crippen LogP contribution in [0, 0.1) is 0 Å². The highest BCUT2D eigenvalue weighted by molar-refractivity contribution is 5.95. The van der Waals surface area contributed by atoms with Gasteiger partial charge in [-0.1, -0.05) is 49.6 Å². The van der Waals surface area contributed by atoms with Crippen LogP contribution in [0.2, 0.25) is 0 Å². The van der Waals surface area contributed by atoms with E-state index in [-0.39, 0.29) is 24.4 Å². The predicted molar refractivity (Wildman–Crippen MR) is 118 cm³/mol. The van der Waals surface area contributed by atoms with Crippen molar-refractivity contribution in [2.24, 2.45) is 0 Å². The van der Waals surface area contributed by atoms with Gasteiger partial charge in [0, 0.05) is 11.6 Å². The summed E-state index contributed by atoms with van der Waals surface area (Å²) in [6.45, 7) is 0.467. The van der Waals surface area contributed by atoms with Gasteiger partial charge in [-0.25, -0.2) is 0 Å². The molecule has 0 spiro atoms. The summed E-state index contributed by atoms with van der Waals surface area (Å²) in [5.41, 5.74) is 1.69. The average Bonchev–Trinajstić information content (AvgIpc) is 2.82. The zero-order valence-electron chi connectivity index (χ0n) is 18.3. The number of ether oxygens (including phenoxy) is 2. The molecule has 6 heteroatoms. The topological polar surface area (TPSA) is 59.1 Å². The van der Waals surface area contributed by atoms with Gasteiger partial charge in [-0.15, -0.1) is 0 Å². The van der Waals surface area contributed by atoms with Gasteiger partial charge < -0.3 is 19.3 Å². The number of methoxy groups -OCH3 is 2. The molecular weight excluding hydrogens is 392 g/mol. The molecule has 1 aliphatic heterocycles. The zero-order valence-corrected chi connectivity index (χ0v) is 18.3. The summed E-state index contributed by atoms with van der Waals surface area (Å²) in [4.78, 5) is 30.6. The summed E-state index contributed by atoms with van der Waals surface area (Å²) in [7, 11) is 3.23. The van der Waals surface area contributed by atoms with Crippen molar-refractivity contribution in [1.82, 2.24) is 9.80 Å². The van der Waals surface area contributed by atoms with Crippen molar-refractivity contribution < 1.29 is 19.1 Å². The molecule has 0 radical (unpaired) electrons. The smallest absolute Gasteiger partial charge is 0.250 e. The Labute approximate surface area is 183 Å². The summed E-state index contributed by atoms with van der Waals surface area (Å²) < 4.78 is 10.8. The second-order valence-corrected chi connectivity index (χ2v) is 8.27. The second-order valence-electron chi connectivity index (χ2n) is 8.27. The Morgan fingerprint density at radius 1 is 0.903 bits per heavy atom. The van der Waals surface area contributed by atoms with E-state index in [0.29, 0.717) is 12.3 Å². The highest BCUT2D eigenvalue weighted by Gasteiger charge is 2.43. The molecule has 1 aliphatic carbocycles. The molecule has 31 heavy (non-hydrogen) atoms. The summed E-state index contributed by atoms with van der Waals surface area (Å²) >= 11 is 0. The number of piperazine rings is 1. The Morgan fingerprint density at radius 3 is 2.29 bits per heavy atom. The summed E-state index contributed by atoms with van der Waals surface area (Å²) in [5.74, 6) is 1.41. The standard InChI is InChI=1S/C25H30N2O4/c1-30-21-14-12-18(13-15-21)24-25(29)26(20-9-4-3-5-10-20)17-23(28)27(24)16-19-8-6-7-11-22(19)31-2/h6-8,11-15,20,24H,3-5,9-10,16-17H2,1-2H3. The molecule has 2 amide bonds. The molecule has 1 heterocycles. The van der Waals surface area contributed by atoms with Crippen molar-refractivity contribution in [3.63, 3.8) is 0 Å². The molecule has 0 bridgehead atoms. The van der Waals surface area contributed by atoms with Crippen molar-refractivity contribution in [2.45, 2.75) is 50.7 Å². The first kappa shape index (κ1) is 21.2. The molecule has 164 valence electrons.